The van der Waals surface area contributed by atoms with Crippen LogP contribution in [-0.2, 0) is 16.1 Å². The van der Waals surface area contributed by atoms with Gasteiger partial charge >= 0.3 is 11.9 Å². The van der Waals surface area contributed by atoms with E-state index in [2.05, 4.69) is 15.2 Å². The van der Waals surface area contributed by atoms with Crippen molar-refractivity contribution >= 4 is 34.2 Å². The Bertz CT molecular complexity index is 734. The lowest BCUT2D eigenvalue weighted by atomic mass is 10.3. The first-order valence-electron chi connectivity index (χ1n) is 6.15. The number of anilines is 1. The van der Waals surface area contributed by atoms with Crippen molar-refractivity contribution in [1.29, 1.82) is 0 Å². The van der Waals surface area contributed by atoms with E-state index in [1.807, 2.05) is 0 Å². The summed E-state index contributed by atoms with van der Waals surface area (Å²) < 4.78 is 5.86. The average Bonchev–Trinajstić information content (AvgIpc) is 3.05. The standard InChI is InChI=1S/C13H13N3O5S/c1-7-3-9(13(20)21-2)11(22-7)15-10(17)6-16-5-8(4-14-16)12(18)19/h3-5H,6H2,1-2H3,(H,15,17)(H,18,19). The smallest absolute Gasteiger partial charge is 0.340 e. The van der Waals surface area contributed by atoms with Gasteiger partial charge in [-0.2, -0.15) is 5.10 Å². The lowest BCUT2D eigenvalue weighted by molar-refractivity contribution is -0.116. The number of esters is 1. The molecule has 1 amide bonds. The number of thiophene rings is 1. The van der Waals surface area contributed by atoms with Crippen molar-refractivity contribution in [2.45, 2.75) is 13.5 Å². The van der Waals surface area contributed by atoms with Crippen LogP contribution in [0.4, 0.5) is 5.00 Å². The van der Waals surface area contributed by atoms with Crippen LogP contribution in [-0.4, -0.2) is 39.8 Å². The maximum atomic E-state index is 12.0. The van der Waals surface area contributed by atoms with Crippen LogP contribution in [0, 0.1) is 6.92 Å². The summed E-state index contributed by atoms with van der Waals surface area (Å²) in [5.74, 6) is -2.08. The van der Waals surface area contributed by atoms with Crippen molar-refractivity contribution in [3.63, 3.8) is 0 Å². The minimum Gasteiger partial charge on any atom is -0.478 e. The number of rotatable bonds is 5. The number of aryl methyl sites for hydroxylation is 1. The Morgan fingerprint density at radius 3 is 2.77 bits per heavy atom. The van der Waals surface area contributed by atoms with E-state index in [0.29, 0.717) is 5.00 Å². The van der Waals surface area contributed by atoms with Crippen molar-refractivity contribution in [2.24, 2.45) is 0 Å². The van der Waals surface area contributed by atoms with Crippen molar-refractivity contribution in [1.82, 2.24) is 9.78 Å². The number of carbonyl (C=O) groups excluding carboxylic acids is 2. The molecule has 8 nitrogen and oxygen atoms in total. The number of aromatic nitrogens is 2. The number of carboxylic acids is 1. The van der Waals surface area contributed by atoms with Gasteiger partial charge < -0.3 is 15.2 Å². The molecule has 2 rings (SSSR count). The number of aromatic carboxylic acids is 1. The number of hydrogen-bond donors (Lipinski definition) is 2. The van der Waals surface area contributed by atoms with Crippen molar-refractivity contribution in [3.8, 4) is 0 Å². The Morgan fingerprint density at radius 2 is 2.18 bits per heavy atom. The second kappa shape index (κ2) is 6.39. The fourth-order valence-corrected chi connectivity index (χ4v) is 2.66. The summed E-state index contributed by atoms with van der Waals surface area (Å²) in [4.78, 5) is 35.2. The number of methoxy groups -OCH3 is 1. The Hall–Kier alpha value is -2.68. The molecule has 9 heteroatoms. The van der Waals surface area contributed by atoms with Gasteiger partial charge in [-0.1, -0.05) is 0 Å². The second-order valence-electron chi connectivity index (χ2n) is 4.37. The lowest BCUT2D eigenvalue weighted by Gasteiger charge is -2.05. The fraction of sp³-hybridized carbons (Fsp3) is 0.231. The number of nitrogens with zero attached hydrogens (tertiary/aromatic N) is 2. The van der Waals surface area contributed by atoms with Gasteiger partial charge in [0.15, 0.2) is 0 Å². The van der Waals surface area contributed by atoms with E-state index in [0.717, 1.165) is 11.1 Å². The Kier molecular flexibility index (Phi) is 4.56. The van der Waals surface area contributed by atoms with Crippen molar-refractivity contribution in [2.75, 3.05) is 12.4 Å². The molecule has 2 aromatic heterocycles. The van der Waals surface area contributed by atoms with E-state index in [1.54, 1.807) is 13.0 Å². The zero-order valence-electron chi connectivity index (χ0n) is 11.8. The van der Waals surface area contributed by atoms with Crippen LogP contribution in [0.2, 0.25) is 0 Å². The summed E-state index contributed by atoms with van der Waals surface area (Å²) >= 11 is 1.25. The summed E-state index contributed by atoms with van der Waals surface area (Å²) in [5, 5.41) is 15.6. The van der Waals surface area contributed by atoms with Gasteiger partial charge in [-0.25, -0.2) is 9.59 Å². The molecule has 2 heterocycles. The van der Waals surface area contributed by atoms with Gasteiger partial charge in [-0.05, 0) is 13.0 Å². The van der Waals surface area contributed by atoms with Gasteiger partial charge in [0.1, 0.15) is 11.5 Å². The van der Waals surface area contributed by atoms with Crippen LogP contribution in [0.3, 0.4) is 0 Å². The number of carboxylic acid groups (broad SMARTS) is 1. The molecule has 0 radical (unpaired) electrons. The molecule has 0 bridgehead atoms. The summed E-state index contributed by atoms with van der Waals surface area (Å²) in [5.41, 5.74) is 0.278. The highest BCUT2D eigenvalue weighted by atomic mass is 32.1. The summed E-state index contributed by atoms with van der Waals surface area (Å²) in [6, 6.07) is 1.63. The highest BCUT2D eigenvalue weighted by Gasteiger charge is 2.17. The molecule has 2 aromatic rings. The van der Waals surface area contributed by atoms with Gasteiger partial charge in [0.05, 0.1) is 24.4 Å². The van der Waals surface area contributed by atoms with Gasteiger partial charge in [0, 0.05) is 11.1 Å². The molecule has 0 unspecified atom stereocenters. The van der Waals surface area contributed by atoms with Crippen LogP contribution < -0.4 is 5.32 Å². The van der Waals surface area contributed by atoms with Crippen LogP contribution in [0.25, 0.3) is 0 Å². The second-order valence-corrected chi connectivity index (χ2v) is 5.63. The number of hydrogen-bond acceptors (Lipinski definition) is 6. The Labute approximate surface area is 129 Å². The third-order valence-corrected chi connectivity index (χ3v) is 3.67. The molecule has 0 spiro atoms. The lowest BCUT2D eigenvalue weighted by Crippen LogP contribution is -2.19. The molecule has 0 aliphatic carbocycles. The molecule has 2 N–H and O–H groups in total. The molecular weight excluding hydrogens is 310 g/mol. The van der Waals surface area contributed by atoms with Gasteiger partial charge in [0.25, 0.3) is 0 Å². The zero-order valence-corrected chi connectivity index (χ0v) is 12.6. The first-order chi connectivity index (χ1) is 10.4. The highest BCUT2D eigenvalue weighted by Crippen LogP contribution is 2.28. The largest absolute Gasteiger partial charge is 0.478 e. The third-order valence-electron chi connectivity index (χ3n) is 2.70. The maximum Gasteiger partial charge on any atom is 0.340 e. The average molecular weight is 323 g/mol. The molecule has 0 aliphatic rings. The topological polar surface area (TPSA) is 111 Å². The van der Waals surface area contributed by atoms with Crippen LogP contribution in [0.1, 0.15) is 25.6 Å². The maximum absolute atomic E-state index is 12.0. The number of ether oxygens (including phenoxy) is 1. The normalized spacial score (nSPS) is 10.3. The van der Waals surface area contributed by atoms with Crippen LogP contribution in [0.5, 0.6) is 0 Å². The number of nitrogens with one attached hydrogen (secondary N) is 1. The van der Waals surface area contributed by atoms with Crippen molar-refractivity contribution in [3.05, 3.63) is 34.5 Å². The molecule has 0 fully saturated rings. The summed E-state index contributed by atoms with van der Waals surface area (Å²) in [6.45, 7) is 1.64. The van der Waals surface area contributed by atoms with E-state index in [4.69, 9.17) is 5.11 Å². The monoisotopic (exact) mass is 323 g/mol. The first kappa shape index (κ1) is 15.7. The van der Waals surface area contributed by atoms with Gasteiger partial charge in [-0.3, -0.25) is 9.48 Å². The van der Waals surface area contributed by atoms with E-state index in [1.165, 1.54) is 29.3 Å². The van der Waals surface area contributed by atoms with Crippen molar-refractivity contribution < 1.29 is 24.2 Å². The highest BCUT2D eigenvalue weighted by molar-refractivity contribution is 7.16. The number of carbonyl (C=O) groups is 3. The van der Waals surface area contributed by atoms with E-state index in [-0.39, 0.29) is 17.7 Å². The fourth-order valence-electron chi connectivity index (χ4n) is 1.74. The quantitative estimate of drug-likeness (QED) is 0.804. The molecule has 0 aromatic carbocycles. The molecule has 0 aliphatic heterocycles. The van der Waals surface area contributed by atoms with E-state index in [9.17, 15) is 14.4 Å². The zero-order chi connectivity index (χ0) is 16.3. The first-order valence-corrected chi connectivity index (χ1v) is 6.96. The SMILES string of the molecule is COC(=O)c1cc(C)sc1NC(=O)Cn1cc(C(=O)O)cn1. The molecular formula is C13H13N3O5S. The van der Waals surface area contributed by atoms with Gasteiger partial charge in [-0.15, -0.1) is 11.3 Å². The third kappa shape index (κ3) is 3.50. The van der Waals surface area contributed by atoms with Gasteiger partial charge in [0.2, 0.25) is 5.91 Å². The van der Waals surface area contributed by atoms with E-state index < -0.39 is 17.8 Å². The predicted molar refractivity (Wildman–Crippen MR) is 78.2 cm³/mol. The molecule has 116 valence electrons. The molecule has 22 heavy (non-hydrogen) atoms. The minimum absolute atomic E-state index is 0.00461. The Morgan fingerprint density at radius 1 is 1.45 bits per heavy atom. The molecule has 0 atom stereocenters. The van der Waals surface area contributed by atoms with Crippen LogP contribution >= 0.6 is 11.3 Å². The molecule has 0 saturated carbocycles. The summed E-state index contributed by atoms with van der Waals surface area (Å²) in [7, 11) is 1.26. The summed E-state index contributed by atoms with van der Waals surface area (Å²) in [6.07, 6.45) is 2.41. The van der Waals surface area contributed by atoms with Crippen LogP contribution in [0.15, 0.2) is 18.5 Å². The minimum atomic E-state index is -1.12. The Balaban J connectivity index is 2.08. The number of amides is 1. The van der Waals surface area contributed by atoms with E-state index >= 15 is 0 Å². The molecule has 0 saturated heterocycles. The predicted octanol–water partition coefficient (Wildman–Crippen LogP) is 1.38.